The van der Waals surface area contributed by atoms with Gasteiger partial charge in [0.05, 0.1) is 17.8 Å². The third kappa shape index (κ3) is 4.35. The molecule has 0 saturated heterocycles. The molecule has 142 valence electrons. The highest BCUT2D eigenvalue weighted by Crippen LogP contribution is 2.28. The molecule has 6 heteroatoms. The van der Waals surface area contributed by atoms with Gasteiger partial charge in [0.1, 0.15) is 5.75 Å². The third-order valence-corrected chi connectivity index (χ3v) is 5.02. The average molecular weight is 413 g/mol. The predicted molar refractivity (Wildman–Crippen MR) is 114 cm³/mol. The normalized spacial score (nSPS) is 10.5. The lowest BCUT2D eigenvalue weighted by Crippen LogP contribution is -2.29. The van der Waals surface area contributed by atoms with Crippen LogP contribution in [0.2, 0.25) is 10.0 Å². The topological polar surface area (TPSA) is 64.4 Å². The van der Waals surface area contributed by atoms with E-state index in [-0.39, 0.29) is 23.8 Å². The molecule has 0 spiro atoms. The van der Waals surface area contributed by atoms with E-state index in [2.05, 4.69) is 0 Å². The van der Waals surface area contributed by atoms with Crippen molar-refractivity contribution >= 4 is 40.5 Å². The number of amides is 1. The van der Waals surface area contributed by atoms with Gasteiger partial charge in [-0.1, -0.05) is 41.4 Å². The second-order valence-corrected chi connectivity index (χ2v) is 7.15. The van der Waals surface area contributed by atoms with E-state index in [0.29, 0.717) is 26.9 Å². The van der Waals surface area contributed by atoms with Crippen LogP contribution in [0.25, 0.3) is 0 Å². The number of halogens is 2. The van der Waals surface area contributed by atoms with Crippen molar-refractivity contribution in [2.75, 3.05) is 11.9 Å². The van der Waals surface area contributed by atoms with Gasteiger partial charge < -0.3 is 10.0 Å². The summed E-state index contributed by atoms with van der Waals surface area (Å²) < 4.78 is 0. The minimum atomic E-state index is -0.157. The number of nitrogens with one attached hydrogen (secondary N) is 1. The Kier molecular flexibility index (Phi) is 6.02. The van der Waals surface area contributed by atoms with Crippen molar-refractivity contribution in [2.24, 2.45) is 0 Å². The average Bonchev–Trinajstić information content (AvgIpc) is 2.69. The number of carbonyl (C=O) groups excluding carboxylic acids is 1. The van der Waals surface area contributed by atoms with Crippen LogP contribution in [0, 0.1) is 5.41 Å². The van der Waals surface area contributed by atoms with Gasteiger partial charge in [-0.15, -0.1) is 0 Å². The van der Waals surface area contributed by atoms with Crippen LogP contribution >= 0.6 is 23.2 Å². The van der Waals surface area contributed by atoms with Gasteiger partial charge in [-0.3, -0.25) is 10.2 Å². The maximum absolute atomic E-state index is 12.8. The minimum absolute atomic E-state index is 0.120. The van der Waals surface area contributed by atoms with Gasteiger partial charge in [0, 0.05) is 28.2 Å². The second kappa shape index (κ2) is 8.46. The Balaban J connectivity index is 1.93. The number of likely N-dealkylation sites (N-methyl/N-ethyl adjacent to an activating group) is 1. The Labute approximate surface area is 173 Å². The molecular formula is C22H18Cl2N2O2. The van der Waals surface area contributed by atoms with Crippen LogP contribution in [0.1, 0.15) is 16.7 Å². The van der Waals surface area contributed by atoms with Crippen molar-refractivity contribution in [3.05, 3.63) is 93.5 Å². The summed E-state index contributed by atoms with van der Waals surface area (Å²) >= 11 is 12.3. The largest absolute Gasteiger partial charge is 0.508 e. The summed E-state index contributed by atoms with van der Waals surface area (Å²) in [6, 6.07) is 18.6. The summed E-state index contributed by atoms with van der Waals surface area (Å²) in [7, 11) is 1.66. The van der Waals surface area contributed by atoms with Crippen LogP contribution in [0.3, 0.4) is 0 Å². The summed E-state index contributed by atoms with van der Waals surface area (Å²) in [6.07, 6.45) is 0.144. The number of hydrogen-bond donors (Lipinski definition) is 2. The number of anilines is 1. The van der Waals surface area contributed by atoms with E-state index < -0.39 is 0 Å². The van der Waals surface area contributed by atoms with Crippen LogP contribution in [-0.4, -0.2) is 23.8 Å². The molecule has 0 saturated carbocycles. The van der Waals surface area contributed by atoms with E-state index >= 15 is 0 Å². The van der Waals surface area contributed by atoms with Gasteiger partial charge in [-0.25, -0.2) is 0 Å². The van der Waals surface area contributed by atoms with Gasteiger partial charge in [-0.2, -0.15) is 0 Å². The molecule has 0 atom stereocenters. The van der Waals surface area contributed by atoms with E-state index in [1.807, 2.05) is 18.2 Å². The molecule has 0 aromatic heterocycles. The van der Waals surface area contributed by atoms with Crippen molar-refractivity contribution in [1.82, 2.24) is 0 Å². The molecule has 0 heterocycles. The summed E-state index contributed by atoms with van der Waals surface area (Å²) in [4.78, 5) is 14.3. The smallest absolute Gasteiger partial charge is 0.231 e. The third-order valence-electron chi connectivity index (χ3n) is 4.42. The number of rotatable bonds is 5. The van der Waals surface area contributed by atoms with Crippen molar-refractivity contribution < 1.29 is 9.90 Å². The highest BCUT2D eigenvalue weighted by Gasteiger charge is 2.19. The highest BCUT2D eigenvalue weighted by molar-refractivity contribution is 6.32. The molecule has 2 N–H and O–H groups in total. The Bertz CT molecular complexity index is 1030. The Morgan fingerprint density at radius 3 is 2.39 bits per heavy atom. The van der Waals surface area contributed by atoms with Crippen molar-refractivity contribution in [1.29, 1.82) is 5.41 Å². The van der Waals surface area contributed by atoms with E-state index in [0.717, 1.165) is 5.56 Å². The maximum atomic E-state index is 12.8. The monoisotopic (exact) mass is 412 g/mol. The lowest BCUT2D eigenvalue weighted by molar-refractivity contribution is -0.117. The highest BCUT2D eigenvalue weighted by atomic mass is 35.5. The number of phenols is 1. The van der Waals surface area contributed by atoms with Gasteiger partial charge in [0.2, 0.25) is 5.91 Å². The molecule has 1 amide bonds. The van der Waals surface area contributed by atoms with Gasteiger partial charge in [-0.05, 0) is 54.1 Å². The van der Waals surface area contributed by atoms with Gasteiger partial charge in [0.15, 0.2) is 0 Å². The molecule has 0 bridgehead atoms. The molecule has 28 heavy (non-hydrogen) atoms. The molecule has 0 fully saturated rings. The number of phenolic OH excluding ortho intramolecular Hbond substituents is 1. The van der Waals surface area contributed by atoms with Crippen LogP contribution in [0.15, 0.2) is 66.7 Å². The lowest BCUT2D eigenvalue weighted by atomic mass is 9.99. The fourth-order valence-electron chi connectivity index (χ4n) is 2.84. The van der Waals surface area contributed by atoms with E-state index in [4.69, 9.17) is 28.6 Å². The summed E-state index contributed by atoms with van der Waals surface area (Å²) in [5.41, 5.74) is 2.64. The Morgan fingerprint density at radius 1 is 1.04 bits per heavy atom. The van der Waals surface area contributed by atoms with Crippen LogP contribution in [0.4, 0.5) is 5.69 Å². The number of aromatic hydroxyl groups is 1. The fourth-order valence-corrected chi connectivity index (χ4v) is 3.22. The van der Waals surface area contributed by atoms with E-state index in [1.54, 1.807) is 43.4 Å². The number of carbonyl (C=O) groups is 1. The lowest BCUT2D eigenvalue weighted by Gasteiger charge is -2.22. The standard InChI is InChI=1S/C22H18Cl2N2O2/c1-26(21(28)12-15-4-2-3-5-19(15)24)20-11-8-16(23)13-18(20)22(25)14-6-9-17(27)10-7-14/h2-11,13,25,27H,12H2,1H3. The minimum Gasteiger partial charge on any atom is -0.508 e. The van der Waals surface area contributed by atoms with E-state index in [9.17, 15) is 9.90 Å². The van der Waals surface area contributed by atoms with Crippen LogP contribution in [0.5, 0.6) is 5.75 Å². The zero-order valence-corrected chi connectivity index (χ0v) is 16.6. The first-order chi connectivity index (χ1) is 13.4. The maximum Gasteiger partial charge on any atom is 0.231 e. The summed E-state index contributed by atoms with van der Waals surface area (Å²) in [5, 5.41) is 19.1. The molecule has 0 radical (unpaired) electrons. The molecule has 3 aromatic carbocycles. The molecule has 0 aliphatic rings. The van der Waals surface area contributed by atoms with E-state index in [1.165, 1.54) is 17.0 Å². The first-order valence-corrected chi connectivity index (χ1v) is 9.30. The number of benzene rings is 3. The van der Waals surface area contributed by atoms with Crippen LogP contribution in [-0.2, 0) is 11.2 Å². The molecule has 0 aliphatic carbocycles. The first kappa shape index (κ1) is 19.9. The fraction of sp³-hybridized carbons (Fsp3) is 0.0909. The van der Waals surface area contributed by atoms with Gasteiger partial charge >= 0.3 is 0 Å². The van der Waals surface area contributed by atoms with Gasteiger partial charge in [0.25, 0.3) is 0 Å². The number of hydrogen-bond acceptors (Lipinski definition) is 3. The molecule has 0 aliphatic heterocycles. The second-order valence-electron chi connectivity index (χ2n) is 6.30. The summed E-state index contributed by atoms with van der Waals surface area (Å²) in [6.45, 7) is 0. The summed E-state index contributed by atoms with van der Waals surface area (Å²) in [5.74, 6) is -0.0370. The SMILES string of the molecule is CN(C(=O)Cc1ccccc1Cl)c1ccc(Cl)cc1C(=N)c1ccc(O)cc1. The zero-order valence-electron chi connectivity index (χ0n) is 15.1. The van der Waals surface area contributed by atoms with Crippen molar-refractivity contribution in [3.63, 3.8) is 0 Å². The molecule has 0 unspecified atom stereocenters. The quantitative estimate of drug-likeness (QED) is 0.556. The zero-order chi connectivity index (χ0) is 20.3. The first-order valence-electron chi connectivity index (χ1n) is 8.54. The molecule has 3 rings (SSSR count). The molecule has 4 nitrogen and oxygen atoms in total. The molecule has 3 aromatic rings. The van der Waals surface area contributed by atoms with Crippen molar-refractivity contribution in [3.8, 4) is 5.75 Å². The Hall–Kier alpha value is -2.82. The van der Waals surface area contributed by atoms with Crippen LogP contribution < -0.4 is 4.90 Å². The van der Waals surface area contributed by atoms with Crippen molar-refractivity contribution in [2.45, 2.75) is 6.42 Å². The number of nitrogens with zero attached hydrogens (tertiary/aromatic N) is 1. The predicted octanol–water partition coefficient (Wildman–Crippen LogP) is 5.32. The Morgan fingerprint density at radius 2 is 1.71 bits per heavy atom. The molecular weight excluding hydrogens is 395 g/mol.